The Morgan fingerprint density at radius 2 is 1.75 bits per heavy atom. The molecule has 0 aliphatic heterocycles. The van der Waals surface area contributed by atoms with Crippen molar-refractivity contribution in [1.29, 1.82) is 0 Å². The van der Waals surface area contributed by atoms with Crippen molar-refractivity contribution in [2.24, 2.45) is 0 Å². The number of rotatable bonds is 8. The lowest BCUT2D eigenvalue weighted by molar-refractivity contribution is -0.137. The van der Waals surface area contributed by atoms with Crippen LogP contribution in [-0.4, -0.2) is 17.6 Å². The topological polar surface area (TPSA) is 58.2 Å². The summed E-state index contributed by atoms with van der Waals surface area (Å²) in [6.07, 6.45) is -2.37. The molecule has 0 radical (unpaired) electrons. The fourth-order valence-corrected chi connectivity index (χ4v) is 3.15. The van der Waals surface area contributed by atoms with Gasteiger partial charge in [0.05, 0.1) is 17.0 Å². The van der Waals surface area contributed by atoms with Gasteiger partial charge in [-0.25, -0.2) is 0 Å². The summed E-state index contributed by atoms with van der Waals surface area (Å²) in [4.78, 5) is 24.6. The molecule has 0 aromatic heterocycles. The number of hydrogen-bond donors (Lipinski definition) is 2. The number of unbranched alkanes of at least 4 members (excludes halogenated alkanes) is 1. The fraction of sp³-hybridized carbons (Fsp3) is 0.300. The Labute approximate surface area is 165 Å². The van der Waals surface area contributed by atoms with Crippen LogP contribution in [0.1, 0.15) is 31.7 Å². The molecule has 0 saturated carbocycles. The number of benzene rings is 2. The van der Waals surface area contributed by atoms with Gasteiger partial charge >= 0.3 is 6.18 Å². The van der Waals surface area contributed by atoms with Crippen molar-refractivity contribution in [2.75, 3.05) is 16.4 Å². The van der Waals surface area contributed by atoms with Crippen molar-refractivity contribution in [2.45, 2.75) is 37.3 Å². The highest BCUT2D eigenvalue weighted by molar-refractivity contribution is 8.00. The molecular formula is C20H21F3N2O2S. The summed E-state index contributed by atoms with van der Waals surface area (Å²) in [5.41, 5.74) is -0.531. The second kappa shape index (κ2) is 10.2. The highest BCUT2D eigenvalue weighted by atomic mass is 32.2. The first-order valence-corrected chi connectivity index (χ1v) is 9.77. The molecule has 2 rings (SSSR count). The predicted octanol–water partition coefficient (Wildman–Crippen LogP) is 5.56. The van der Waals surface area contributed by atoms with Gasteiger partial charge in [0.1, 0.15) is 0 Å². The number of alkyl halides is 3. The number of anilines is 2. The Kier molecular flexibility index (Phi) is 7.92. The zero-order valence-corrected chi connectivity index (χ0v) is 16.1. The van der Waals surface area contributed by atoms with E-state index in [1.54, 1.807) is 24.3 Å². The van der Waals surface area contributed by atoms with Crippen LogP contribution in [0.25, 0.3) is 0 Å². The Balaban J connectivity index is 1.93. The summed E-state index contributed by atoms with van der Waals surface area (Å²) in [6, 6.07) is 11.8. The smallest absolute Gasteiger partial charge is 0.326 e. The second-order valence-electron chi connectivity index (χ2n) is 6.06. The van der Waals surface area contributed by atoms with Crippen LogP contribution in [0.15, 0.2) is 53.4 Å². The van der Waals surface area contributed by atoms with Crippen LogP contribution < -0.4 is 10.6 Å². The molecule has 8 heteroatoms. The van der Waals surface area contributed by atoms with Crippen LogP contribution in [0.3, 0.4) is 0 Å². The minimum atomic E-state index is -4.54. The number of para-hydroxylation sites is 1. The molecule has 0 unspecified atom stereocenters. The second-order valence-corrected chi connectivity index (χ2v) is 7.11. The summed E-state index contributed by atoms with van der Waals surface area (Å²) in [6.45, 7) is 2.00. The molecule has 0 heterocycles. The van der Waals surface area contributed by atoms with Crippen molar-refractivity contribution in [3.63, 3.8) is 0 Å². The van der Waals surface area contributed by atoms with Crippen LogP contribution in [0, 0.1) is 0 Å². The van der Waals surface area contributed by atoms with Crippen LogP contribution in [0.4, 0.5) is 24.5 Å². The summed E-state index contributed by atoms with van der Waals surface area (Å²) in [7, 11) is 0. The largest absolute Gasteiger partial charge is 0.418 e. The molecule has 0 fully saturated rings. The van der Waals surface area contributed by atoms with E-state index >= 15 is 0 Å². The van der Waals surface area contributed by atoms with Crippen molar-refractivity contribution in [3.8, 4) is 0 Å². The molecule has 0 aliphatic rings. The number of halogens is 3. The molecule has 150 valence electrons. The lowest BCUT2D eigenvalue weighted by Crippen LogP contribution is -2.18. The third-order valence-corrected chi connectivity index (χ3v) is 4.75. The number of hydrogen-bond acceptors (Lipinski definition) is 3. The molecule has 2 aromatic carbocycles. The predicted molar refractivity (Wildman–Crippen MR) is 105 cm³/mol. The highest BCUT2D eigenvalue weighted by Crippen LogP contribution is 2.34. The first-order chi connectivity index (χ1) is 13.3. The maximum atomic E-state index is 13.0. The lowest BCUT2D eigenvalue weighted by atomic mass is 10.1. The Hall–Kier alpha value is -2.48. The monoisotopic (exact) mass is 410 g/mol. The van der Waals surface area contributed by atoms with Gasteiger partial charge in [-0.15, -0.1) is 11.8 Å². The molecule has 0 bridgehead atoms. The number of amides is 2. The van der Waals surface area contributed by atoms with E-state index in [9.17, 15) is 22.8 Å². The first kappa shape index (κ1) is 21.8. The molecule has 0 atom stereocenters. The van der Waals surface area contributed by atoms with E-state index in [1.165, 1.54) is 30.0 Å². The molecule has 0 saturated heterocycles. The summed E-state index contributed by atoms with van der Waals surface area (Å²) in [5, 5.41) is 5.10. The molecule has 2 amide bonds. The summed E-state index contributed by atoms with van der Waals surface area (Å²) in [5.74, 6) is -0.677. The van der Waals surface area contributed by atoms with Crippen LogP contribution in [-0.2, 0) is 15.8 Å². The van der Waals surface area contributed by atoms with Crippen LogP contribution in [0.5, 0.6) is 0 Å². The molecule has 28 heavy (non-hydrogen) atoms. The van der Waals surface area contributed by atoms with Gasteiger partial charge in [0.15, 0.2) is 0 Å². The number of carbonyl (C=O) groups is 2. The average molecular weight is 410 g/mol. The standard InChI is InChI=1S/C20H21F3N2O2S/c1-2-3-11-18(26)24-14-7-6-8-15(12-14)28-13-19(27)25-17-10-5-4-9-16(17)20(21,22)23/h4-10,12H,2-3,11,13H2,1H3,(H,24,26)(H,25,27). The minimum absolute atomic E-state index is 0.0561. The molecule has 2 aromatic rings. The van der Waals surface area contributed by atoms with Gasteiger partial charge in [0.2, 0.25) is 11.8 Å². The lowest BCUT2D eigenvalue weighted by Gasteiger charge is -2.13. The Morgan fingerprint density at radius 3 is 2.46 bits per heavy atom. The van der Waals surface area contributed by atoms with E-state index in [4.69, 9.17) is 0 Å². The maximum absolute atomic E-state index is 13.0. The quantitative estimate of drug-likeness (QED) is 0.560. The number of thioether (sulfide) groups is 1. The highest BCUT2D eigenvalue weighted by Gasteiger charge is 2.33. The van der Waals surface area contributed by atoms with Gasteiger partial charge in [0.25, 0.3) is 0 Å². The Morgan fingerprint density at radius 1 is 1.00 bits per heavy atom. The molecule has 2 N–H and O–H groups in total. The normalized spacial score (nSPS) is 11.1. The number of nitrogens with one attached hydrogen (secondary N) is 2. The van der Waals surface area contributed by atoms with Crippen LogP contribution >= 0.6 is 11.8 Å². The summed E-state index contributed by atoms with van der Waals surface area (Å²) >= 11 is 1.18. The van der Waals surface area contributed by atoms with Crippen LogP contribution in [0.2, 0.25) is 0 Å². The molecule has 0 aliphatic carbocycles. The van der Waals surface area contributed by atoms with Gasteiger partial charge in [-0.1, -0.05) is 31.5 Å². The zero-order valence-electron chi connectivity index (χ0n) is 15.3. The minimum Gasteiger partial charge on any atom is -0.326 e. The fourth-order valence-electron chi connectivity index (χ4n) is 2.40. The zero-order chi connectivity index (χ0) is 20.6. The third kappa shape index (κ3) is 6.92. The first-order valence-electron chi connectivity index (χ1n) is 8.78. The van der Waals surface area contributed by atoms with Gasteiger partial charge in [-0.2, -0.15) is 13.2 Å². The van der Waals surface area contributed by atoms with Crippen molar-refractivity contribution >= 4 is 35.0 Å². The Bertz CT molecular complexity index is 825. The van der Waals surface area contributed by atoms with E-state index in [0.717, 1.165) is 23.8 Å². The molecule has 0 spiro atoms. The number of carbonyl (C=O) groups excluding carboxylic acids is 2. The van der Waals surface area contributed by atoms with Crippen molar-refractivity contribution < 1.29 is 22.8 Å². The van der Waals surface area contributed by atoms with E-state index in [2.05, 4.69) is 10.6 Å². The van der Waals surface area contributed by atoms with Gasteiger partial charge in [-0.3, -0.25) is 9.59 Å². The van der Waals surface area contributed by atoms with E-state index < -0.39 is 17.6 Å². The van der Waals surface area contributed by atoms with Gasteiger partial charge in [0, 0.05) is 17.0 Å². The van der Waals surface area contributed by atoms with Crippen molar-refractivity contribution in [3.05, 3.63) is 54.1 Å². The van der Waals surface area contributed by atoms with E-state index in [-0.39, 0.29) is 17.3 Å². The van der Waals surface area contributed by atoms with Gasteiger partial charge < -0.3 is 10.6 Å². The van der Waals surface area contributed by atoms with Crippen molar-refractivity contribution in [1.82, 2.24) is 0 Å². The maximum Gasteiger partial charge on any atom is 0.418 e. The average Bonchev–Trinajstić information content (AvgIpc) is 2.64. The third-order valence-electron chi connectivity index (χ3n) is 3.75. The van der Waals surface area contributed by atoms with E-state index in [0.29, 0.717) is 12.1 Å². The molecule has 4 nitrogen and oxygen atoms in total. The summed E-state index contributed by atoms with van der Waals surface area (Å²) < 4.78 is 39.0. The van der Waals surface area contributed by atoms with E-state index in [1.807, 2.05) is 6.92 Å². The SMILES string of the molecule is CCCCC(=O)Nc1cccc(SCC(=O)Nc2ccccc2C(F)(F)F)c1. The molecular weight excluding hydrogens is 389 g/mol. The van der Waals surface area contributed by atoms with Gasteiger partial charge in [-0.05, 0) is 36.8 Å².